The van der Waals surface area contributed by atoms with Crippen LogP contribution in [0.4, 0.5) is 0 Å². The Labute approximate surface area is 105 Å². The molecule has 1 N–H and O–H groups in total. The first-order chi connectivity index (χ1) is 8.49. The molecule has 0 saturated carbocycles. The monoisotopic (exact) mass is 263 g/mol. The van der Waals surface area contributed by atoms with Crippen molar-refractivity contribution in [2.45, 2.75) is 12.0 Å². The van der Waals surface area contributed by atoms with Crippen molar-refractivity contribution in [2.24, 2.45) is 0 Å². The lowest BCUT2D eigenvalue weighted by Gasteiger charge is -2.21. The average molecular weight is 263 g/mol. The van der Waals surface area contributed by atoms with E-state index in [1.165, 1.54) is 0 Å². The van der Waals surface area contributed by atoms with Crippen LogP contribution in [-0.4, -0.2) is 30.0 Å². The second-order valence-corrected chi connectivity index (χ2v) is 6.97. The van der Waals surface area contributed by atoms with E-state index in [2.05, 4.69) is 4.98 Å². The summed E-state index contributed by atoms with van der Waals surface area (Å²) in [4.78, 5) is 4.26. The number of sulfone groups is 1. The molecule has 94 valence electrons. The molecule has 2 aromatic rings. The van der Waals surface area contributed by atoms with Gasteiger partial charge < -0.3 is 5.11 Å². The van der Waals surface area contributed by atoms with Gasteiger partial charge in [0.15, 0.2) is 9.84 Å². The highest BCUT2D eigenvalue weighted by molar-refractivity contribution is 7.91. The Balaban J connectivity index is 2.10. The first kappa shape index (κ1) is 11.6. The summed E-state index contributed by atoms with van der Waals surface area (Å²) in [7, 11) is -3.13. The van der Waals surface area contributed by atoms with Gasteiger partial charge in [0.05, 0.1) is 17.0 Å². The zero-order chi connectivity index (χ0) is 12.8. The summed E-state index contributed by atoms with van der Waals surface area (Å²) in [5.74, 6) is -0.170. The van der Waals surface area contributed by atoms with Gasteiger partial charge in [-0.05, 0) is 18.6 Å². The number of benzene rings is 1. The van der Waals surface area contributed by atoms with Crippen molar-refractivity contribution in [1.82, 2.24) is 4.98 Å². The van der Waals surface area contributed by atoms with Gasteiger partial charge >= 0.3 is 0 Å². The number of para-hydroxylation sites is 1. The number of fused-ring (bicyclic) bond motifs is 1. The van der Waals surface area contributed by atoms with Crippen LogP contribution >= 0.6 is 0 Å². The highest BCUT2D eigenvalue weighted by Crippen LogP contribution is 2.34. The molecule has 1 fully saturated rings. The first-order valence-corrected chi connectivity index (χ1v) is 7.59. The topological polar surface area (TPSA) is 67.3 Å². The fraction of sp³-hybridized carbons (Fsp3) is 0.308. The molecule has 1 aromatic heterocycles. The molecule has 3 rings (SSSR count). The van der Waals surface area contributed by atoms with Crippen molar-refractivity contribution in [3.63, 3.8) is 0 Å². The predicted molar refractivity (Wildman–Crippen MR) is 68.9 cm³/mol. The van der Waals surface area contributed by atoms with Crippen LogP contribution in [0.15, 0.2) is 36.5 Å². The minimum atomic E-state index is -3.13. The van der Waals surface area contributed by atoms with Crippen LogP contribution in [0.2, 0.25) is 0 Å². The third-order valence-corrected chi connectivity index (χ3v) is 5.16. The molecule has 2 heterocycles. The lowest BCUT2D eigenvalue weighted by molar-refractivity contribution is 0.0651. The van der Waals surface area contributed by atoms with E-state index in [1.807, 2.05) is 30.3 Å². The summed E-state index contributed by atoms with van der Waals surface area (Å²) >= 11 is 0. The number of aromatic nitrogens is 1. The van der Waals surface area contributed by atoms with Gasteiger partial charge in [-0.2, -0.15) is 0 Å². The average Bonchev–Trinajstić information content (AvgIpc) is 2.64. The Kier molecular flexibility index (Phi) is 2.43. The van der Waals surface area contributed by atoms with Gasteiger partial charge in [-0.15, -0.1) is 0 Å². The first-order valence-electron chi connectivity index (χ1n) is 5.77. The van der Waals surface area contributed by atoms with Gasteiger partial charge in [-0.25, -0.2) is 8.42 Å². The molecule has 5 heteroatoms. The fourth-order valence-corrected chi connectivity index (χ4v) is 4.22. The number of aliphatic hydroxyl groups is 1. The predicted octanol–water partition coefficient (Wildman–Crippen LogP) is 1.24. The molecule has 0 spiro atoms. The molecular weight excluding hydrogens is 250 g/mol. The molecule has 0 bridgehead atoms. The summed E-state index contributed by atoms with van der Waals surface area (Å²) in [5.41, 5.74) is 0.142. The second kappa shape index (κ2) is 3.76. The third kappa shape index (κ3) is 1.89. The molecule has 1 aliphatic rings. The van der Waals surface area contributed by atoms with E-state index >= 15 is 0 Å². The lowest BCUT2D eigenvalue weighted by Crippen LogP contribution is -2.27. The van der Waals surface area contributed by atoms with Crippen molar-refractivity contribution in [1.29, 1.82) is 0 Å². The van der Waals surface area contributed by atoms with Crippen LogP contribution in [0.25, 0.3) is 10.9 Å². The maximum atomic E-state index is 11.5. The molecule has 1 aliphatic heterocycles. The molecule has 18 heavy (non-hydrogen) atoms. The van der Waals surface area contributed by atoms with E-state index in [0.29, 0.717) is 5.56 Å². The van der Waals surface area contributed by atoms with Crippen molar-refractivity contribution in [2.75, 3.05) is 11.5 Å². The van der Waals surface area contributed by atoms with Gasteiger partial charge in [0.1, 0.15) is 5.60 Å². The Bertz CT molecular complexity index is 711. The number of nitrogens with zero attached hydrogens (tertiary/aromatic N) is 1. The molecule has 4 nitrogen and oxygen atoms in total. The van der Waals surface area contributed by atoms with Crippen LogP contribution in [-0.2, 0) is 15.4 Å². The van der Waals surface area contributed by atoms with E-state index in [-0.39, 0.29) is 17.9 Å². The van der Waals surface area contributed by atoms with Crippen LogP contribution in [0, 0.1) is 0 Å². The van der Waals surface area contributed by atoms with Crippen LogP contribution < -0.4 is 0 Å². The Hall–Kier alpha value is -1.46. The number of hydrogen-bond acceptors (Lipinski definition) is 4. The Morgan fingerprint density at radius 3 is 2.78 bits per heavy atom. The van der Waals surface area contributed by atoms with Crippen LogP contribution in [0.1, 0.15) is 12.0 Å². The molecule has 0 radical (unpaired) electrons. The van der Waals surface area contributed by atoms with Crippen molar-refractivity contribution in [3.8, 4) is 0 Å². The van der Waals surface area contributed by atoms with Crippen molar-refractivity contribution >= 4 is 20.7 Å². The summed E-state index contributed by atoms with van der Waals surface area (Å²) < 4.78 is 23.0. The summed E-state index contributed by atoms with van der Waals surface area (Å²) in [5, 5.41) is 11.3. The van der Waals surface area contributed by atoms with Gasteiger partial charge in [0.2, 0.25) is 0 Å². The standard InChI is InChI=1S/C13H13NO3S/c15-13(5-6-18(16,17)9-13)11-7-10-3-1-2-4-12(10)14-8-11/h1-4,7-8,15H,5-6,9H2. The minimum Gasteiger partial charge on any atom is -0.384 e. The summed E-state index contributed by atoms with van der Waals surface area (Å²) in [6, 6.07) is 9.39. The zero-order valence-corrected chi connectivity index (χ0v) is 10.5. The van der Waals surface area contributed by atoms with E-state index in [0.717, 1.165) is 10.9 Å². The fourth-order valence-electron chi connectivity index (χ4n) is 2.39. The second-order valence-electron chi connectivity index (χ2n) is 4.79. The molecule has 0 amide bonds. The Morgan fingerprint density at radius 2 is 2.06 bits per heavy atom. The molecule has 0 aliphatic carbocycles. The third-order valence-electron chi connectivity index (χ3n) is 3.41. The Morgan fingerprint density at radius 1 is 1.28 bits per heavy atom. The highest BCUT2D eigenvalue weighted by atomic mass is 32.2. The molecule has 1 unspecified atom stereocenters. The SMILES string of the molecule is O=S1(=O)CCC(O)(c2cnc3ccccc3c2)C1. The summed E-state index contributed by atoms with van der Waals surface area (Å²) in [6.45, 7) is 0. The molecular formula is C13H13NO3S. The van der Waals surface area contributed by atoms with Crippen molar-refractivity contribution < 1.29 is 13.5 Å². The van der Waals surface area contributed by atoms with Gasteiger partial charge in [0, 0.05) is 17.1 Å². The number of rotatable bonds is 1. The number of hydrogen-bond donors (Lipinski definition) is 1. The smallest absolute Gasteiger partial charge is 0.153 e. The minimum absolute atomic E-state index is 0.0380. The molecule has 1 saturated heterocycles. The van der Waals surface area contributed by atoms with Gasteiger partial charge in [-0.3, -0.25) is 4.98 Å². The highest BCUT2D eigenvalue weighted by Gasteiger charge is 2.42. The van der Waals surface area contributed by atoms with Crippen molar-refractivity contribution in [3.05, 3.63) is 42.1 Å². The maximum Gasteiger partial charge on any atom is 0.153 e. The quantitative estimate of drug-likeness (QED) is 0.840. The lowest BCUT2D eigenvalue weighted by atomic mass is 9.94. The van der Waals surface area contributed by atoms with Crippen LogP contribution in [0.5, 0.6) is 0 Å². The van der Waals surface area contributed by atoms with E-state index in [4.69, 9.17) is 0 Å². The normalized spacial score (nSPS) is 26.5. The largest absolute Gasteiger partial charge is 0.384 e. The zero-order valence-electron chi connectivity index (χ0n) is 9.70. The number of pyridine rings is 1. The van der Waals surface area contributed by atoms with Crippen LogP contribution in [0.3, 0.4) is 0 Å². The molecule has 1 atom stereocenters. The molecule has 1 aromatic carbocycles. The van der Waals surface area contributed by atoms with Gasteiger partial charge in [-0.1, -0.05) is 18.2 Å². The van der Waals surface area contributed by atoms with E-state index in [1.54, 1.807) is 6.20 Å². The maximum absolute atomic E-state index is 11.5. The van der Waals surface area contributed by atoms with E-state index in [9.17, 15) is 13.5 Å². The van der Waals surface area contributed by atoms with Gasteiger partial charge in [0.25, 0.3) is 0 Å². The van der Waals surface area contributed by atoms with E-state index < -0.39 is 15.4 Å². The summed E-state index contributed by atoms with van der Waals surface area (Å²) in [6.07, 6.45) is 1.82.